The minimum absolute atomic E-state index is 0.0428. The standard InChI is InChI=1S/C29H24ClF3N2O2/c1-2-19-15-23(30)14-13-22(19)18-35-26(20-9-5-3-6-10-20)16-25(29(31,32)33)24(28(35)37)17-34-27(36)21-11-7-4-8-12-21/h3-16H,2,17-18H2,1H3,(H,34,36). The molecule has 3 aromatic carbocycles. The van der Waals surface area contributed by atoms with Gasteiger partial charge in [-0.3, -0.25) is 9.59 Å². The third-order valence-electron chi connectivity index (χ3n) is 6.11. The molecule has 0 aliphatic carbocycles. The van der Waals surface area contributed by atoms with Crippen LogP contribution in [0.3, 0.4) is 0 Å². The first-order valence-corrected chi connectivity index (χ1v) is 12.1. The topological polar surface area (TPSA) is 51.1 Å². The molecular formula is C29H24ClF3N2O2. The van der Waals surface area contributed by atoms with Crippen molar-refractivity contribution in [3.05, 3.63) is 128 Å². The molecule has 190 valence electrons. The molecule has 1 amide bonds. The number of carbonyl (C=O) groups is 1. The van der Waals surface area contributed by atoms with E-state index in [2.05, 4.69) is 5.32 Å². The van der Waals surface area contributed by atoms with Crippen molar-refractivity contribution >= 4 is 17.5 Å². The Balaban J connectivity index is 1.87. The minimum Gasteiger partial charge on any atom is -0.348 e. The number of carbonyl (C=O) groups excluding carboxylic acids is 1. The Morgan fingerprint density at radius 3 is 2.19 bits per heavy atom. The van der Waals surface area contributed by atoms with Crippen LogP contribution in [0.15, 0.2) is 89.7 Å². The van der Waals surface area contributed by atoms with E-state index in [1.165, 1.54) is 4.57 Å². The molecule has 0 bridgehead atoms. The molecule has 0 radical (unpaired) electrons. The molecule has 4 aromatic rings. The lowest BCUT2D eigenvalue weighted by Gasteiger charge is -2.21. The Labute approximate surface area is 217 Å². The molecule has 0 saturated carbocycles. The van der Waals surface area contributed by atoms with E-state index < -0.39 is 35.3 Å². The van der Waals surface area contributed by atoms with E-state index in [0.717, 1.165) is 17.2 Å². The quantitative estimate of drug-likeness (QED) is 0.291. The fraction of sp³-hybridized carbons (Fsp3) is 0.172. The van der Waals surface area contributed by atoms with Crippen molar-refractivity contribution in [2.75, 3.05) is 0 Å². The predicted octanol–water partition coefficient (Wildman–Crippen LogP) is 6.73. The summed E-state index contributed by atoms with van der Waals surface area (Å²) < 4.78 is 44.0. The predicted molar refractivity (Wildman–Crippen MR) is 139 cm³/mol. The number of hydrogen-bond acceptors (Lipinski definition) is 2. The van der Waals surface area contributed by atoms with E-state index in [1.807, 2.05) is 6.92 Å². The van der Waals surface area contributed by atoms with Gasteiger partial charge in [0.1, 0.15) is 0 Å². The highest BCUT2D eigenvalue weighted by atomic mass is 35.5. The molecule has 0 aliphatic rings. The smallest absolute Gasteiger partial charge is 0.348 e. The number of pyridine rings is 1. The Hall–Kier alpha value is -3.84. The molecule has 1 heterocycles. The molecule has 0 aliphatic heterocycles. The number of aryl methyl sites for hydroxylation is 1. The van der Waals surface area contributed by atoms with Crippen LogP contribution in [-0.2, 0) is 25.7 Å². The molecule has 8 heteroatoms. The van der Waals surface area contributed by atoms with Crippen molar-refractivity contribution in [1.82, 2.24) is 9.88 Å². The van der Waals surface area contributed by atoms with Gasteiger partial charge >= 0.3 is 6.18 Å². The maximum atomic E-state index is 14.2. The second-order valence-electron chi connectivity index (χ2n) is 8.49. The van der Waals surface area contributed by atoms with Gasteiger partial charge in [-0.1, -0.05) is 73.1 Å². The molecular weight excluding hydrogens is 501 g/mol. The summed E-state index contributed by atoms with van der Waals surface area (Å²) in [5, 5.41) is 3.01. The highest BCUT2D eigenvalue weighted by Gasteiger charge is 2.36. The van der Waals surface area contributed by atoms with Crippen molar-refractivity contribution in [3.8, 4) is 11.3 Å². The van der Waals surface area contributed by atoms with Gasteiger partial charge in [0.25, 0.3) is 11.5 Å². The molecule has 0 atom stereocenters. The summed E-state index contributed by atoms with van der Waals surface area (Å²) in [6, 6.07) is 22.8. The van der Waals surface area contributed by atoms with Gasteiger partial charge in [0.2, 0.25) is 0 Å². The molecule has 0 unspecified atom stereocenters. The number of benzene rings is 3. The monoisotopic (exact) mass is 524 g/mol. The maximum absolute atomic E-state index is 14.2. The molecule has 1 aromatic heterocycles. The third-order valence-corrected chi connectivity index (χ3v) is 6.35. The Morgan fingerprint density at radius 1 is 0.919 bits per heavy atom. The van der Waals surface area contributed by atoms with Gasteiger partial charge in [0, 0.05) is 22.7 Å². The van der Waals surface area contributed by atoms with Gasteiger partial charge < -0.3 is 9.88 Å². The summed E-state index contributed by atoms with van der Waals surface area (Å²) in [6.07, 6.45) is -4.17. The van der Waals surface area contributed by atoms with Crippen LogP contribution in [-0.4, -0.2) is 10.5 Å². The fourth-order valence-corrected chi connectivity index (χ4v) is 4.42. The zero-order chi connectivity index (χ0) is 26.6. The van der Waals surface area contributed by atoms with E-state index in [-0.39, 0.29) is 17.8 Å². The van der Waals surface area contributed by atoms with Crippen molar-refractivity contribution < 1.29 is 18.0 Å². The molecule has 37 heavy (non-hydrogen) atoms. The number of halogens is 4. The van der Waals surface area contributed by atoms with Crippen LogP contribution < -0.4 is 10.9 Å². The van der Waals surface area contributed by atoms with Crippen molar-refractivity contribution in [3.63, 3.8) is 0 Å². The van der Waals surface area contributed by atoms with Gasteiger partial charge in [-0.15, -0.1) is 0 Å². The normalized spacial score (nSPS) is 11.4. The van der Waals surface area contributed by atoms with E-state index in [4.69, 9.17) is 11.6 Å². The number of amides is 1. The second-order valence-corrected chi connectivity index (χ2v) is 8.93. The Kier molecular flexibility index (Phi) is 7.83. The molecule has 1 N–H and O–H groups in total. The first-order valence-electron chi connectivity index (χ1n) is 11.7. The third kappa shape index (κ3) is 5.94. The molecule has 0 saturated heterocycles. The van der Waals surface area contributed by atoms with E-state index >= 15 is 0 Å². The van der Waals surface area contributed by atoms with Crippen molar-refractivity contribution in [1.29, 1.82) is 0 Å². The summed E-state index contributed by atoms with van der Waals surface area (Å²) in [5.74, 6) is -0.571. The average molecular weight is 525 g/mol. The van der Waals surface area contributed by atoms with E-state index in [9.17, 15) is 22.8 Å². The van der Waals surface area contributed by atoms with Gasteiger partial charge in [0.05, 0.1) is 17.8 Å². The minimum atomic E-state index is -4.80. The first-order chi connectivity index (χ1) is 17.7. The van der Waals surface area contributed by atoms with Crippen LogP contribution in [0.1, 0.15) is 39.5 Å². The van der Waals surface area contributed by atoms with Crippen LogP contribution in [0.4, 0.5) is 13.2 Å². The average Bonchev–Trinajstić information content (AvgIpc) is 2.89. The lowest BCUT2D eigenvalue weighted by molar-refractivity contribution is -0.138. The maximum Gasteiger partial charge on any atom is 0.417 e. The zero-order valence-corrected chi connectivity index (χ0v) is 20.7. The van der Waals surface area contributed by atoms with E-state index in [0.29, 0.717) is 17.0 Å². The van der Waals surface area contributed by atoms with Gasteiger partial charge in [0.15, 0.2) is 0 Å². The van der Waals surface area contributed by atoms with Crippen LogP contribution in [0.5, 0.6) is 0 Å². The Bertz CT molecular complexity index is 1470. The van der Waals surface area contributed by atoms with Crippen LogP contribution in [0.2, 0.25) is 5.02 Å². The van der Waals surface area contributed by atoms with Crippen LogP contribution in [0.25, 0.3) is 11.3 Å². The number of aromatic nitrogens is 1. The summed E-state index contributed by atoms with van der Waals surface area (Å²) >= 11 is 6.14. The number of rotatable bonds is 7. The number of nitrogens with zero attached hydrogens (tertiary/aromatic N) is 1. The summed E-state index contributed by atoms with van der Waals surface area (Å²) in [4.78, 5) is 26.3. The molecule has 0 fully saturated rings. The lowest BCUT2D eigenvalue weighted by Crippen LogP contribution is -2.34. The summed E-state index contributed by atoms with van der Waals surface area (Å²) in [7, 11) is 0. The van der Waals surface area contributed by atoms with Crippen molar-refractivity contribution in [2.24, 2.45) is 0 Å². The van der Waals surface area contributed by atoms with Gasteiger partial charge in [-0.25, -0.2) is 0 Å². The Morgan fingerprint density at radius 2 is 1.57 bits per heavy atom. The highest BCUT2D eigenvalue weighted by Crippen LogP contribution is 2.34. The lowest BCUT2D eigenvalue weighted by atomic mass is 10.0. The zero-order valence-electron chi connectivity index (χ0n) is 20.0. The van der Waals surface area contributed by atoms with Crippen molar-refractivity contribution in [2.45, 2.75) is 32.6 Å². The molecule has 0 spiro atoms. The fourth-order valence-electron chi connectivity index (χ4n) is 4.23. The van der Waals surface area contributed by atoms with Gasteiger partial charge in [-0.2, -0.15) is 13.2 Å². The number of hydrogen-bond donors (Lipinski definition) is 1. The largest absolute Gasteiger partial charge is 0.417 e. The first kappa shape index (κ1) is 26.2. The summed E-state index contributed by atoms with van der Waals surface area (Å²) in [5.41, 5.74) is 0.119. The van der Waals surface area contributed by atoms with Gasteiger partial charge in [-0.05, 0) is 53.4 Å². The molecule has 4 nitrogen and oxygen atoms in total. The number of nitrogens with one attached hydrogen (secondary N) is 1. The highest BCUT2D eigenvalue weighted by molar-refractivity contribution is 6.30. The summed E-state index contributed by atoms with van der Waals surface area (Å²) in [6.45, 7) is 1.41. The van der Waals surface area contributed by atoms with Crippen LogP contribution >= 0.6 is 11.6 Å². The second kappa shape index (κ2) is 11.0. The molecule has 4 rings (SSSR count). The number of alkyl halides is 3. The van der Waals surface area contributed by atoms with Crippen LogP contribution in [0, 0.1) is 0 Å². The van der Waals surface area contributed by atoms with E-state index in [1.54, 1.807) is 78.9 Å². The SMILES string of the molecule is CCc1cc(Cl)ccc1Cn1c(-c2ccccc2)cc(C(F)(F)F)c(CNC(=O)c2ccccc2)c1=O.